The van der Waals surface area contributed by atoms with Crippen molar-refractivity contribution in [3.8, 4) is 5.75 Å². The molecule has 1 aliphatic rings. The van der Waals surface area contributed by atoms with E-state index in [1.807, 2.05) is 19.1 Å². The zero-order chi connectivity index (χ0) is 17.1. The van der Waals surface area contributed by atoms with Crippen LogP contribution in [-0.2, 0) is 6.42 Å². The first-order chi connectivity index (χ1) is 11.6. The fourth-order valence-corrected chi connectivity index (χ4v) is 2.93. The highest BCUT2D eigenvalue weighted by atomic mass is 16.5. The minimum absolute atomic E-state index is 0.331. The highest BCUT2D eigenvalue weighted by molar-refractivity contribution is 6.23. The summed E-state index contributed by atoms with van der Waals surface area (Å²) in [6.07, 6.45) is 1.76. The van der Waals surface area contributed by atoms with Crippen molar-refractivity contribution in [2.75, 3.05) is 19.0 Å². The summed E-state index contributed by atoms with van der Waals surface area (Å²) in [4.78, 5) is 23.5. The van der Waals surface area contributed by atoms with Crippen LogP contribution in [0.15, 0.2) is 36.4 Å². The number of nitrogens with one attached hydrogen (secondary N) is 2. The molecule has 1 aliphatic heterocycles. The summed E-state index contributed by atoms with van der Waals surface area (Å²) in [6, 6.07) is 11.5. The Morgan fingerprint density at radius 1 is 1.12 bits per heavy atom. The molecule has 0 aromatic heterocycles. The van der Waals surface area contributed by atoms with Crippen LogP contribution < -0.4 is 15.4 Å². The molecule has 1 heterocycles. The van der Waals surface area contributed by atoms with Gasteiger partial charge in [0, 0.05) is 12.2 Å². The number of ether oxygens (including phenoxy) is 1. The number of anilines is 1. The average Bonchev–Trinajstić information content (AvgIpc) is 2.87. The van der Waals surface area contributed by atoms with Gasteiger partial charge in [-0.1, -0.05) is 18.2 Å². The fourth-order valence-electron chi connectivity index (χ4n) is 2.93. The number of fused-ring (bicyclic) bond motifs is 1. The first-order valence-corrected chi connectivity index (χ1v) is 7.96. The van der Waals surface area contributed by atoms with Crippen LogP contribution in [0.2, 0.25) is 0 Å². The summed E-state index contributed by atoms with van der Waals surface area (Å²) in [5, 5.41) is 5.59. The van der Waals surface area contributed by atoms with Crippen molar-refractivity contribution in [2.24, 2.45) is 0 Å². The van der Waals surface area contributed by atoms with Gasteiger partial charge in [-0.15, -0.1) is 0 Å². The van der Waals surface area contributed by atoms with E-state index in [4.69, 9.17) is 4.74 Å². The minimum Gasteiger partial charge on any atom is -0.496 e. The number of carbonyl (C=O) groups excluding carboxylic acids is 2. The van der Waals surface area contributed by atoms with Crippen LogP contribution in [0.1, 0.15) is 38.3 Å². The molecule has 0 fully saturated rings. The van der Waals surface area contributed by atoms with Gasteiger partial charge in [-0.2, -0.15) is 0 Å². The van der Waals surface area contributed by atoms with E-state index in [0.29, 0.717) is 23.4 Å². The molecule has 124 valence electrons. The lowest BCUT2D eigenvalue weighted by molar-refractivity contribution is 0.0880. The van der Waals surface area contributed by atoms with Crippen molar-refractivity contribution < 1.29 is 14.3 Å². The highest BCUT2D eigenvalue weighted by Crippen LogP contribution is 2.25. The van der Waals surface area contributed by atoms with Gasteiger partial charge in [0.15, 0.2) is 0 Å². The molecule has 2 aromatic rings. The summed E-state index contributed by atoms with van der Waals surface area (Å²) >= 11 is 0. The topological polar surface area (TPSA) is 67.4 Å². The maximum atomic E-state index is 11.9. The van der Waals surface area contributed by atoms with Crippen LogP contribution in [0.5, 0.6) is 5.75 Å². The molecular weight excluding hydrogens is 304 g/mol. The lowest BCUT2D eigenvalue weighted by Crippen LogP contribution is -2.20. The molecule has 2 aromatic carbocycles. The largest absolute Gasteiger partial charge is 0.496 e. The Bertz CT molecular complexity index is 799. The van der Waals surface area contributed by atoms with Crippen LogP contribution in [-0.4, -0.2) is 25.5 Å². The van der Waals surface area contributed by atoms with Gasteiger partial charge in [0.2, 0.25) is 0 Å². The van der Waals surface area contributed by atoms with Crippen molar-refractivity contribution in [3.05, 3.63) is 58.7 Å². The van der Waals surface area contributed by atoms with Crippen molar-refractivity contribution in [3.63, 3.8) is 0 Å². The van der Waals surface area contributed by atoms with E-state index in [0.717, 1.165) is 24.2 Å². The maximum Gasteiger partial charge on any atom is 0.261 e. The Morgan fingerprint density at radius 3 is 2.75 bits per heavy atom. The third kappa shape index (κ3) is 3.11. The predicted octanol–water partition coefficient (Wildman–Crippen LogP) is 2.93. The van der Waals surface area contributed by atoms with Crippen molar-refractivity contribution >= 4 is 17.5 Å². The molecule has 0 aliphatic carbocycles. The Hall–Kier alpha value is -2.82. The molecule has 5 heteroatoms. The zero-order valence-corrected chi connectivity index (χ0v) is 13.8. The number of aryl methyl sites for hydroxylation is 2. The van der Waals surface area contributed by atoms with Gasteiger partial charge in [0.25, 0.3) is 11.8 Å². The van der Waals surface area contributed by atoms with Crippen molar-refractivity contribution in [2.45, 2.75) is 19.8 Å². The van der Waals surface area contributed by atoms with Crippen LogP contribution >= 0.6 is 0 Å². The average molecular weight is 324 g/mol. The van der Waals surface area contributed by atoms with Crippen LogP contribution in [0, 0.1) is 6.92 Å². The molecule has 5 nitrogen and oxygen atoms in total. The zero-order valence-electron chi connectivity index (χ0n) is 13.8. The number of imide groups is 1. The van der Waals surface area contributed by atoms with Crippen molar-refractivity contribution in [1.29, 1.82) is 0 Å². The lowest BCUT2D eigenvalue weighted by atomic mass is 10.1. The first kappa shape index (κ1) is 16.1. The van der Waals surface area contributed by atoms with E-state index in [1.54, 1.807) is 19.2 Å². The van der Waals surface area contributed by atoms with E-state index >= 15 is 0 Å². The standard InChI is InChI=1S/C19H20N2O3/c1-12-8-9-13(16(11-12)24-2)5-4-10-20-15-7-3-6-14-17(15)19(23)21-18(14)22/h3,6-9,11,20H,4-5,10H2,1-2H3,(H,21,22,23). The lowest BCUT2D eigenvalue weighted by Gasteiger charge is -2.11. The molecule has 2 N–H and O–H groups in total. The molecule has 2 amide bonds. The third-order valence-electron chi connectivity index (χ3n) is 4.14. The third-order valence-corrected chi connectivity index (χ3v) is 4.14. The summed E-state index contributed by atoms with van der Waals surface area (Å²) in [5.41, 5.74) is 3.91. The van der Waals surface area contributed by atoms with Gasteiger partial charge in [-0.05, 0) is 49.1 Å². The number of amides is 2. The fraction of sp³-hybridized carbons (Fsp3) is 0.263. The number of carbonyl (C=O) groups is 2. The van der Waals surface area contributed by atoms with Gasteiger partial charge in [0.1, 0.15) is 5.75 Å². The molecule has 24 heavy (non-hydrogen) atoms. The van der Waals surface area contributed by atoms with E-state index in [1.165, 1.54) is 5.56 Å². The summed E-state index contributed by atoms with van der Waals surface area (Å²) in [6.45, 7) is 2.74. The molecule has 0 atom stereocenters. The van der Waals surface area contributed by atoms with Crippen LogP contribution in [0.4, 0.5) is 5.69 Å². The Balaban J connectivity index is 1.63. The second-order valence-electron chi connectivity index (χ2n) is 5.86. The SMILES string of the molecule is COc1cc(C)ccc1CCCNc1cccc2c1C(=O)NC2=O. The summed E-state index contributed by atoms with van der Waals surface area (Å²) in [5.74, 6) is 0.238. The maximum absolute atomic E-state index is 11.9. The highest BCUT2D eigenvalue weighted by Gasteiger charge is 2.28. The molecule has 0 saturated carbocycles. The van der Waals surface area contributed by atoms with E-state index < -0.39 is 0 Å². The molecule has 0 radical (unpaired) electrons. The van der Waals surface area contributed by atoms with Gasteiger partial charge in [-0.25, -0.2) is 0 Å². The number of rotatable bonds is 6. The monoisotopic (exact) mass is 324 g/mol. The number of benzene rings is 2. The second-order valence-corrected chi connectivity index (χ2v) is 5.86. The van der Waals surface area contributed by atoms with Gasteiger partial charge in [0.05, 0.1) is 18.2 Å². The normalized spacial score (nSPS) is 12.8. The minimum atomic E-state index is -0.335. The van der Waals surface area contributed by atoms with Gasteiger partial charge >= 0.3 is 0 Å². The molecule has 0 saturated heterocycles. The Morgan fingerprint density at radius 2 is 1.96 bits per heavy atom. The van der Waals surface area contributed by atoms with Crippen LogP contribution in [0.3, 0.4) is 0 Å². The van der Waals surface area contributed by atoms with Gasteiger partial charge in [-0.3, -0.25) is 14.9 Å². The quantitative estimate of drug-likeness (QED) is 0.633. The smallest absolute Gasteiger partial charge is 0.261 e. The van der Waals surface area contributed by atoms with Gasteiger partial charge < -0.3 is 10.1 Å². The first-order valence-electron chi connectivity index (χ1n) is 7.96. The Kier molecular flexibility index (Phi) is 4.51. The van der Waals surface area contributed by atoms with Crippen LogP contribution in [0.25, 0.3) is 0 Å². The van der Waals surface area contributed by atoms with E-state index in [2.05, 4.69) is 22.8 Å². The number of hydrogen-bond donors (Lipinski definition) is 2. The van der Waals surface area contributed by atoms with E-state index in [9.17, 15) is 9.59 Å². The summed E-state index contributed by atoms with van der Waals surface area (Å²) in [7, 11) is 1.68. The Labute approximate surface area is 141 Å². The van der Waals surface area contributed by atoms with Crippen molar-refractivity contribution in [1.82, 2.24) is 5.32 Å². The molecule has 0 unspecified atom stereocenters. The molecule has 0 bridgehead atoms. The van der Waals surface area contributed by atoms with E-state index in [-0.39, 0.29) is 11.8 Å². The molecular formula is C19H20N2O3. The number of hydrogen-bond acceptors (Lipinski definition) is 4. The number of methoxy groups -OCH3 is 1. The predicted molar refractivity (Wildman–Crippen MR) is 92.8 cm³/mol. The second kappa shape index (κ2) is 6.74. The molecule has 3 rings (SSSR count). The summed E-state index contributed by atoms with van der Waals surface area (Å²) < 4.78 is 5.42. The molecule has 0 spiro atoms.